The van der Waals surface area contributed by atoms with Gasteiger partial charge in [0.25, 0.3) is 5.91 Å². The molecule has 1 amide bonds. The first kappa shape index (κ1) is 18.2. The van der Waals surface area contributed by atoms with Gasteiger partial charge in [-0.15, -0.1) is 0 Å². The van der Waals surface area contributed by atoms with Crippen LogP contribution in [0, 0.1) is 12.8 Å². The van der Waals surface area contributed by atoms with Crippen molar-refractivity contribution in [2.45, 2.75) is 52.5 Å². The highest BCUT2D eigenvalue weighted by molar-refractivity contribution is 5.96. The van der Waals surface area contributed by atoms with E-state index in [1.165, 1.54) is 0 Å². The normalized spacial score (nSPS) is 15.3. The van der Waals surface area contributed by atoms with Gasteiger partial charge in [-0.25, -0.2) is 9.48 Å². The van der Waals surface area contributed by atoms with Gasteiger partial charge in [-0.2, -0.15) is 5.10 Å². The van der Waals surface area contributed by atoms with E-state index in [-0.39, 0.29) is 5.92 Å². The van der Waals surface area contributed by atoms with E-state index in [1.807, 2.05) is 49.7 Å². The molecule has 0 fully saturated rings. The number of hydrogen-bond acceptors (Lipinski definition) is 3. The van der Waals surface area contributed by atoms with Crippen molar-refractivity contribution in [2.75, 3.05) is 0 Å². The van der Waals surface area contributed by atoms with E-state index in [4.69, 9.17) is 0 Å². The molecule has 3 rings (SSSR count). The zero-order valence-electron chi connectivity index (χ0n) is 15.5. The molecule has 1 heterocycles. The number of aryl methyl sites for hydroxylation is 1. The third-order valence-electron chi connectivity index (χ3n) is 5.25. The van der Waals surface area contributed by atoms with E-state index in [1.54, 1.807) is 0 Å². The molecule has 138 valence electrons. The van der Waals surface area contributed by atoms with Gasteiger partial charge in [-0.05, 0) is 43.7 Å². The number of para-hydroxylation sites is 1. The fourth-order valence-corrected chi connectivity index (χ4v) is 3.51. The Labute approximate surface area is 153 Å². The van der Waals surface area contributed by atoms with Crippen LogP contribution in [0.15, 0.2) is 24.3 Å². The SMILES string of the molecule is CCC(C)C(NC(=O)c1nn(-c2ccccc2C)c2c1CCC2)C(=O)O. The summed E-state index contributed by atoms with van der Waals surface area (Å²) in [6.45, 7) is 5.76. The van der Waals surface area contributed by atoms with Crippen LogP contribution in [-0.4, -0.2) is 32.8 Å². The molecule has 0 saturated carbocycles. The number of rotatable bonds is 6. The predicted molar refractivity (Wildman–Crippen MR) is 98.7 cm³/mol. The molecule has 1 aromatic heterocycles. The number of carboxylic acid groups (broad SMARTS) is 1. The monoisotopic (exact) mass is 355 g/mol. The Morgan fingerprint density at radius 3 is 2.69 bits per heavy atom. The van der Waals surface area contributed by atoms with Gasteiger partial charge in [0.05, 0.1) is 5.69 Å². The summed E-state index contributed by atoms with van der Waals surface area (Å²) in [5.74, 6) is -1.56. The number of hydrogen-bond donors (Lipinski definition) is 2. The van der Waals surface area contributed by atoms with Gasteiger partial charge >= 0.3 is 5.97 Å². The first-order valence-electron chi connectivity index (χ1n) is 9.14. The van der Waals surface area contributed by atoms with Crippen LogP contribution in [-0.2, 0) is 17.6 Å². The lowest BCUT2D eigenvalue weighted by Gasteiger charge is -2.19. The molecule has 1 aromatic carbocycles. The maximum atomic E-state index is 12.8. The summed E-state index contributed by atoms with van der Waals surface area (Å²) in [6.07, 6.45) is 3.32. The van der Waals surface area contributed by atoms with Crippen LogP contribution in [0.25, 0.3) is 5.69 Å². The number of nitrogens with zero attached hydrogens (tertiary/aromatic N) is 2. The predicted octanol–water partition coefficient (Wildman–Crippen LogP) is 2.90. The molecule has 2 unspecified atom stereocenters. The number of nitrogens with one attached hydrogen (secondary N) is 1. The molecule has 2 aromatic rings. The molecule has 6 nitrogen and oxygen atoms in total. The number of fused-ring (bicyclic) bond motifs is 1. The topological polar surface area (TPSA) is 84.2 Å². The van der Waals surface area contributed by atoms with Crippen LogP contribution >= 0.6 is 0 Å². The fraction of sp³-hybridized carbons (Fsp3) is 0.450. The minimum Gasteiger partial charge on any atom is -0.480 e. The van der Waals surface area contributed by atoms with Gasteiger partial charge in [-0.3, -0.25) is 4.79 Å². The summed E-state index contributed by atoms with van der Waals surface area (Å²) >= 11 is 0. The summed E-state index contributed by atoms with van der Waals surface area (Å²) in [6, 6.07) is 7.02. The molecule has 0 bridgehead atoms. The highest BCUT2D eigenvalue weighted by Crippen LogP contribution is 2.29. The number of carboxylic acids is 1. The molecule has 2 atom stereocenters. The van der Waals surface area contributed by atoms with Crippen LogP contribution in [0.3, 0.4) is 0 Å². The molecule has 1 aliphatic rings. The van der Waals surface area contributed by atoms with Crippen LogP contribution < -0.4 is 5.32 Å². The van der Waals surface area contributed by atoms with Crippen molar-refractivity contribution in [3.63, 3.8) is 0 Å². The summed E-state index contributed by atoms with van der Waals surface area (Å²) < 4.78 is 1.85. The third kappa shape index (κ3) is 3.23. The summed E-state index contributed by atoms with van der Waals surface area (Å²) in [7, 11) is 0. The van der Waals surface area contributed by atoms with Crippen LogP contribution in [0.4, 0.5) is 0 Å². The molecular formula is C20H25N3O3. The van der Waals surface area contributed by atoms with Gasteiger partial charge in [0, 0.05) is 11.3 Å². The van der Waals surface area contributed by atoms with Crippen molar-refractivity contribution >= 4 is 11.9 Å². The molecule has 0 saturated heterocycles. The lowest BCUT2D eigenvalue weighted by Crippen LogP contribution is -2.45. The minimum atomic E-state index is -1.01. The van der Waals surface area contributed by atoms with Crippen molar-refractivity contribution in [3.05, 3.63) is 46.8 Å². The average Bonchev–Trinajstić information content (AvgIpc) is 3.21. The second-order valence-corrected chi connectivity index (χ2v) is 7.00. The van der Waals surface area contributed by atoms with Gasteiger partial charge in [0.1, 0.15) is 6.04 Å². The zero-order chi connectivity index (χ0) is 18.8. The van der Waals surface area contributed by atoms with E-state index in [0.717, 1.165) is 41.8 Å². The lowest BCUT2D eigenvalue weighted by molar-refractivity contribution is -0.140. The second kappa shape index (κ2) is 7.32. The zero-order valence-corrected chi connectivity index (χ0v) is 15.5. The van der Waals surface area contributed by atoms with E-state index in [9.17, 15) is 14.7 Å². The molecule has 2 N–H and O–H groups in total. The number of carbonyl (C=O) groups excluding carboxylic acids is 1. The smallest absolute Gasteiger partial charge is 0.326 e. The van der Waals surface area contributed by atoms with Crippen molar-refractivity contribution in [1.82, 2.24) is 15.1 Å². The molecule has 0 spiro atoms. The first-order valence-corrected chi connectivity index (χ1v) is 9.14. The van der Waals surface area contributed by atoms with Crippen molar-refractivity contribution in [1.29, 1.82) is 0 Å². The number of carbonyl (C=O) groups is 2. The first-order chi connectivity index (χ1) is 12.4. The maximum Gasteiger partial charge on any atom is 0.326 e. The molecular weight excluding hydrogens is 330 g/mol. The quantitative estimate of drug-likeness (QED) is 0.834. The van der Waals surface area contributed by atoms with Crippen LogP contribution in [0.1, 0.15) is 54.0 Å². The van der Waals surface area contributed by atoms with Crippen molar-refractivity contribution in [3.8, 4) is 5.69 Å². The number of benzene rings is 1. The Hall–Kier alpha value is -2.63. The van der Waals surface area contributed by atoms with E-state index >= 15 is 0 Å². The summed E-state index contributed by atoms with van der Waals surface area (Å²) in [5, 5.41) is 16.7. The lowest BCUT2D eigenvalue weighted by atomic mass is 9.99. The number of aromatic nitrogens is 2. The highest BCUT2D eigenvalue weighted by Gasteiger charge is 2.31. The Kier molecular flexibility index (Phi) is 5.11. The van der Waals surface area contributed by atoms with Gasteiger partial charge in [-0.1, -0.05) is 38.5 Å². The summed E-state index contributed by atoms with van der Waals surface area (Å²) in [4.78, 5) is 24.4. The molecule has 1 aliphatic carbocycles. The van der Waals surface area contributed by atoms with Crippen LogP contribution in [0.5, 0.6) is 0 Å². The Morgan fingerprint density at radius 1 is 1.31 bits per heavy atom. The molecule has 26 heavy (non-hydrogen) atoms. The number of amides is 1. The van der Waals surface area contributed by atoms with Crippen LogP contribution in [0.2, 0.25) is 0 Å². The molecule has 0 aliphatic heterocycles. The largest absolute Gasteiger partial charge is 0.480 e. The Bertz CT molecular complexity index is 841. The maximum absolute atomic E-state index is 12.8. The Morgan fingerprint density at radius 2 is 2.04 bits per heavy atom. The highest BCUT2D eigenvalue weighted by atomic mass is 16.4. The van der Waals surface area contributed by atoms with E-state index in [2.05, 4.69) is 10.4 Å². The third-order valence-corrected chi connectivity index (χ3v) is 5.25. The molecule has 0 radical (unpaired) electrons. The average molecular weight is 355 g/mol. The minimum absolute atomic E-state index is 0.150. The second-order valence-electron chi connectivity index (χ2n) is 7.00. The number of aliphatic carboxylic acids is 1. The Balaban J connectivity index is 1.96. The molecule has 6 heteroatoms. The van der Waals surface area contributed by atoms with Crippen molar-refractivity contribution in [2.24, 2.45) is 5.92 Å². The van der Waals surface area contributed by atoms with Gasteiger partial charge in [0.15, 0.2) is 5.69 Å². The standard InChI is InChI=1S/C20H25N3O3/c1-4-12(2)17(20(25)26)21-19(24)18-14-9-7-11-16(14)23(22-18)15-10-6-5-8-13(15)3/h5-6,8,10,12,17H,4,7,9,11H2,1-3H3,(H,21,24)(H,25,26). The van der Waals surface area contributed by atoms with Gasteiger partial charge in [0.2, 0.25) is 0 Å². The summed E-state index contributed by atoms with van der Waals surface area (Å²) in [5.41, 5.74) is 4.40. The van der Waals surface area contributed by atoms with E-state index < -0.39 is 17.9 Å². The van der Waals surface area contributed by atoms with Crippen molar-refractivity contribution < 1.29 is 14.7 Å². The fourth-order valence-electron chi connectivity index (χ4n) is 3.51. The van der Waals surface area contributed by atoms with E-state index in [0.29, 0.717) is 12.1 Å². The van der Waals surface area contributed by atoms with Gasteiger partial charge < -0.3 is 10.4 Å².